The molecule has 2 heterocycles. The molecule has 11 heteroatoms. The Morgan fingerprint density at radius 1 is 1.09 bits per heavy atom. The van der Waals surface area contributed by atoms with Crippen molar-refractivity contribution in [2.45, 2.75) is 12.7 Å². The fourth-order valence-electron chi connectivity index (χ4n) is 3.43. The average Bonchev–Trinajstić information content (AvgIpc) is 2.81. The normalized spacial score (nSPS) is 14.8. The van der Waals surface area contributed by atoms with Crippen LogP contribution in [0.1, 0.15) is 5.56 Å². The number of benzene rings is 2. The third-order valence-electron chi connectivity index (χ3n) is 5.36. The van der Waals surface area contributed by atoms with Crippen LogP contribution in [0.5, 0.6) is 0 Å². The fraction of sp³-hybridized carbons (Fsp3) is 0.292. The lowest BCUT2D eigenvalue weighted by atomic mass is 10.1. The highest BCUT2D eigenvalue weighted by atomic mass is 35.5. The minimum atomic E-state index is -5.08. The Morgan fingerprint density at radius 3 is 2.26 bits per heavy atom. The van der Waals surface area contributed by atoms with Crippen LogP contribution in [0.15, 0.2) is 59.4 Å². The van der Waals surface area contributed by atoms with E-state index in [0.29, 0.717) is 16.5 Å². The number of carbonyl (C=O) groups is 1. The molecule has 2 N–H and O–H groups in total. The first-order valence-corrected chi connectivity index (χ1v) is 11.1. The van der Waals surface area contributed by atoms with Gasteiger partial charge in [-0.05, 0) is 18.7 Å². The lowest BCUT2D eigenvalue weighted by Crippen LogP contribution is -2.43. The standard InChI is InChI=1S/C22H23ClN4O.C2HF3O2/c1-26-10-12-27(13-11-26)15-16-6-8-17(9-7-16)22-24-20(14-21(28)25-22)18-4-2-3-5-19(18)23;3-2(4,5)1(6)7/h2-9,14H,10-13,15H2,1H3,(H,24,25,28);(H,6,7). The second kappa shape index (κ2) is 11.5. The summed E-state index contributed by atoms with van der Waals surface area (Å²) in [6.07, 6.45) is -5.08. The van der Waals surface area contributed by atoms with Gasteiger partial charge in [-0.15, -0.1) is 0 Å². The number of alkyl halides is 3. The molecule has 0 aliphatic carbocycles. The highest BCUT2D eigenvalue weighted by Gasteiger charge is 2.38. The zero-order valence-electron chi connectivity index (χ0n) is 18.8. The number of aliphatic carboxylic acids is 1. The van der Waals surface area contributed by atoms with Gasteiger partial charge in [0.1, 0.15) is 5.82 Å². The van der Waals surface area contributed by atoms with Gasteiger partial charge in [0.05, 0.1) is 5.69 Å². The summed E-state index contributed by atoms with van der Waals surface area (Å²) in [5.41, 5.74) is 3.28. The van der Waals surface area contributed by atoms with Gasteiger partial charge in [0.15, 0.2) is 0 Å². The number of nitrogens with one attached hydrogen (secondary N) is 1. The van der Waals surface area contributed by atoms with E-state index in [4.69, 9.17) is 21.5 Å². The molecule has 0 atom stereocenters. The average molecular weight is 509 g/mol. The molecule has 1 aliphatic rings. The molecule has 0 amide bonds. The molecule has 35 heavy (non-hydrogen) atoms. The van der Waals surface area contributed by atoms with E-state index in [2.05, 4.69) is 38.9 Å². The number of aromatic amines is 1. The number of halogens is 4. The van der Waals surface area contributed by atoms with E-state index in [1.165, 1.54) is 11.6 Å². The summed E-state index contributed by atoms with van der Waals surface area (Å²) in [7, 11) is 2.16. The van der Waals surface area contributed by atoms with Crippen LogP contribution in [0, 0.1) is 0 Å². The van der Waals surface area contributed by atoms with Crippen molar-refractivity contribution in [1.82, 2.24) is 19.8 Å². The van der Waals surface area contributed by atoms with E-state index in [9.17, 15) is 18.0 Å². The Morgan fingerprint density at radius 2 is 1.69 bits per heavy atom. The van der Waals surface area contributed by atoms with Gasteiger partial charge in [-0.25, -0.2) is 9.78 Å². The summed E-state index contributed by atoms with van der Waals surface area (Å²) < 4.78 is 31.7. The third-order valence-corrected chi connectivity index (χ3v) is 5.69. The number of hydrogen-bond donors (Lipinski definition) is 2. The molecule has 0 radical (unpaired) electrons. The monoisotopic (exact) mass is 508 g/mol. The van der Waals surface area contributed by atoms with Gasteiger partial charge in [-0.1, -0.05) is 54.1 Å². The number of H-pyrrole nitrogens is 1. The topological polar surface area (TPSA) is 89.5 Å². The molecular weight excluding hydrogens is 485 g/mol. The maximum atomic E-state index is 12.2. The number of nitrogens with zero attached hydrogens (tertiary/aromatic N) is 3. The Kier molecular flexibility index (Phi) is 8.66. The van der Waals surface area contributed by atoms with Crippen LogP contribution in [-0.4, -0.2) is 70.2 Å². The van der Waals surface area contributed by atoms with Crippen LogP contribution in [0.4, 0.5) is 13.2 Å². The van der Waals surface area contributed by atoms with Gasteiger partial charge < -0.3 is 15.0 Å². The van der Waals surface area contributed by atoms with E-state index in [1.807, 2.05) is 30.3 Å². The predicted octanol–water partition coefficient (Wildman–Crippen LogP) is 4.14. The molecule has 186 valence electrons. The van der Waals surface area contributed by atoms with Crippen molar-refractivity contribution in [1.29, 1.82) is 0 Å². The van der Waals surface area contributed by atoms with Gasteiger partial charge >= 0.3 is 12.1 Å². The predicted molar refractivity (Wildman–Crippen MR) is 127 cm³/mol. The maximum Gasteiger partial charge on any atom is 0.490 e. The van der Waals surface area contributed by atoms with Crippen molar-refractivity contribution in [3.05, 3.63) is 75.5 Å². The summed E-state index contributed by atoms with van der Waals surface area (Å²) in [6.45, 7) is 5.34. The smallest absolute Gasteiger partial charge is 0.475 e. The summed E-state index contributed by atoms with van der Waals surface area (Å²) in [6, 6.07) is 17.1. The minimum Gasteiger partial charge on any atom is -0.475 e. The Balaban J connectivity index is 0.000000429. The first-order valence-electron chi connectivity index (χ1n) is 10.7. The van der Waals surface area contributed by atoms with Crippen LogP contribution in [-0.2, 0) is 11.3 Å². The summed E-state index contributed by atoms with van der Waals surface area (Å²) in [5.74, 6) is -2.21. The number of likely N-dealkylation sites (N-methyl/N-ethyl adjacent to an activating group) is 1. The molecule has 1 aliphatic heterocycles. The van der Waals surface area contributed by atoms with Crippen LogP contribution < -0.4 is 5.56 Å². The van der Waals surface area contributed by atoms with Crippen molar-refractivity contribution in [2.75, 3.05) is 33.2 Å². The van der Waals surface area contributed by atoms with E-state index in [1.54, 1.807) is 6.07 Å². The highest BCUT2D eigenvalue weighted by Crippen LogP contribution is 2.26. The molecule has 0 spiro atoms. The van der Waals surface area contributed by atoms with Crippen molar-refractivity contribution in [3.8, 4) is 22.6 Å². The summed E-state index contributed by atoms with van der Waals surface area (Å²) in [4.78, 5) is 33.4. The minimum absolute atomic E-state index is 0.193. The summed E-state index contributed by atoms with van der Waals surface area (Å²) >= 11 is 6.27. The Bertz CT molecular complexity index is 1210. The van der Waals surface area contributed by atoms with Gasteiger partial charge in [-0.3, -0.25) is 9.69 Å². The SMILES string of the molecule is CN1CCN(Cc2ccc(-c3nc(-c4ccccc4Cl)cc(=O)[nH]3)cc2)CC1.O=C(O)C(F)(F)F. The van der Waals surface area contributed by atoms with Crippen LogP contribution >= 0.6 is 11.6 Å². The molecule has 1 fully saturated rings. The van der Waals surface area contributed by atoms with Crippen LogP contribution in [0.25, 0.3) is 22.6 Å². The number of carboxylic acids is 1. The van der Waals surface area contributed by atoms with Crippen LogP contribution in [0.3, 0.4) is 0 Å². The number of carboxylic acid groups (broad SMARTS) is 1. The molecule has 7 nitrogen and oxygen atoms in total. The fourth-order valence-corrected chi connectivity index (χ4v) is 3.67. The molecular formula is C24H24ClF3N4O3. The summed E-state index contributed by atoms with van der Waals surface area (Å²) in [5, 5.41) is 7.70. The van der Waals surface area contributed by atoms with Gasteiger partial charge in [0, 0.05) is 54.9 Å². The Labute approximate surface area is 204 Å². The first-order chi connectivity index (χ1) is 16.5. The highest BCUT2D eigenvalue weighted by molar-refractivity contribution is 6.33. The van der Waals surface area contributed by atoms with Crippen molar-refractivity contribution >= 4 is 17.6 Å². The van der Waals surface area contributed by atoms with Gasteiger partial charge in [0.2, 0.25) is 0 Å². The number of hydrogen-bond acceptors (Lipinski definition) is 5. The maximum absolute atomic E-state index is 12.2. The molecule has 1 saturated heterocycles. The zero-order valence-corrected chi connectivity index (χ0v) is 19.6. The Hall–Kier alpha value is -3.21. The molecule has 2 aromatic carbocycles. The van der Waals surface area contributed by atoms with Crippen molar-refractivity contribution in [2.24, 2.45) is 0 Å². The molecule has 4 rings (SSSR count). The van der Waals surface area contributed by atoms with Crippen molar-refractivity contribution in [3.63, 3.8) is 0 Å². The quantitative estimate of drug-likeness (QED) is 0.550. The van der Waals surface area contributed by atoms with Crippen molar-refractivity contribution < 1.29 is 23.1 Å². The lowest BCUT2D eigenvalue weighted by molar-refractivity contribution is -0.192. The molecule has 1 aromatic heterocycles. The number of piperazine rings is 1. The van der Waals surface area contributed by atoms with E-state index in [-0.39, 0.29) is 5.56 Å². The third kappa shape index (κ3) is 7.64. The second-order valence-electron chi connectivity index (χ2n) is 8.04. The lowest BCUT2D eigenvalue weighted by Gasteiger charge is -2.32. The van der Waals surface area contributed by atoms with E-state index < -0.39 is 12.1 Å². The van der Waals surface area contributed by atoms with Gasteiger partial charge in [0.25, 0.3) is 5.56 Å². The van der Waals surface area contributed by atoms with E-state index >= 15 is 0 Å². The zero-order chi connectivity index (χ0) is 25.6. The molecule has 0 bridgehead atoms. The molecule has 0 unspecified atom stereocenters. The number of aromatic nitrogens is 2. The van der Waals surface area contributed by atoms with E-state index in [0.717, 1.165) is 43.9 Å². The molecule has 3 aromatic rings. The molecule has 0 saturated carbocycles. The largest absolute Gasteiger partial charge is 0.490 e. The number of rotatable bonds is 4. The van der Waals surface area contributed by atoms with Crippen LogP contribution in [0.2, 0.25) is 5.02 Å². The van der Waals surface area contributed by atoms with Gasteiger partial charge in [-0.2, -0.15) is 13.2 Å². The first kappa shape index (κ1) is 26.4. The second-order valence-corrected chi connectivity index (χ2v) is 8.45.